The Kier molecular flexibility index (Phi) is 5.22. The Balaban J connectivity index is 2.31. The molecule has 1 saturated heterocycles. The first kappa shape index (κ1) is 13.5. The zero-order valence-corrected chi connectivity index (χ0v) is 10.6. The Morgan fingerprint density at radius 3 is 2.50 bits per heavy atom. The maximum absolute atomic E-state index is 11.2. The van der Waals surface area contributed by atoms with Crippen molar-refractivity contribution in [1.29, 1.82) is 0 Å². The lowest BCUT2D eigenvalue weighted by Crippen LogP contribution is -2.46. The van der Waals surface area contributed by atoms with Crippen molar-refractivity contribution in [2.24, 2.45) is 0 Å². The zero-order chi connectivity index (χ0) is 12.1. The summed E-state index contributed by atoms with van der Waals surface area (Å²) in [5.41, 5.74) is 0. The van der Waals surface area contributed by atoms with E-state index in [-0.39, 0.29) is 12.0 Å². The molecule has 0 aromatic rings. The van der Waals surface area contributed by atoms with Gasteiger partial charge in [-0.2, -0.15) is 0 Å². The number of rotatable bonds is 4. The smallest absolute Gasteiger partial charge is 0.219 e. The average Bonchev–Trinajstić information content (AvgIpc) is 2.28. The third-order valence-electron chi connectivity index (χ3n) is 3.54. The number of aliphatic hydroxyl groups excluding tert-OH is 1. The molecule has 1 heterocycles. The number of β-amino-alcohol motifs (C(OH)–C–C–N with tert-alkyl or cyclic N) is 1. The van der Waals surface area contributed by atoms with Gasteiger partial charge in [-0.1, -0.05) is 6.92 Å². The van der Waals surface area contributed by atoms with Gasteiger partial charge in [0.1, 0.15) is 0 Å². The molecule has 0 spiro atoms. The molecule has 1 atom stereocenters. The maximum Gasteiger partial charge on any atom is 0.219 e. The minimum atomic E-state index is -0.206. The van der Waals surface area contributed by atoms with Crippen LogP contribution in [0.1, 0.15) is 33.1 Å². The second-order valence-electron chi connectivity index (χ2n) is 4.72. The van der Waals surface area contributed by atoms with Gasteiger partial charge in [0.2, 0.25) is 5.91 Å². The van der Waals surface area contributed by atoms with Gasteiger partial charge >= 0.3 is 0 Å². The summed E-state index contributed by atoms with van der Waals surface area (Å²) >= 11 is 0. The molecule has 1 N–H and O–H groups in total. The molecule has 0 aromatic carbocycles. The van der Waals surface area contributed by atoms with E-state index in [2.05, 4.69) is 4.90 Å². The van der Waals surface area contributed by atoms with Crippen molar-refractivity contribution in [1.82, 2.24) is 9.80 Å². The van der Waals surface area contributed by atoms with Crippen molar-refractivity contribution in [2.45, 2.75) is 45.3 Å². The fraction of sp³-hybridized carbons (Fsp3) is 0.917. The highest BCUT2D eigenvalue weighted by molar-refractivity contribution is 5.73. The van der Waals surface area contributed by atoms with Crippen LogP contribution < -0.4 is 0 Å². The summed E-state index contributed by atoms with van der Waals surface area (Å²) < 4.78 is 0. The highest BCUT2D eigenvalue weighted by Gasteiger charge is 2.24. The van der Waals surface area contributed by atoms with E-state index in [0.29, 0.717) is 6.04 Å². The first-order valence-electron chi connectivity index (χ1n) is 6.18. The van der Waals surface area contributed by atoms with Crippen molar-refractivity contribution in [3.63, 3.8) is 0 Å². The van der Waals surface area contributed by atoms with Gasteiger partial charge in [0.25, 0.3) is 0 Å². The minimum Gasteiger partial charge on any atom is -0.392 e. The molecule has 94 valence electrons. The summed E-state index contributed by atoms with van der Waals surface area (Å²) in [7, 11) is 1.88. The van der Waals surface area contributed by atoms with E-state index in [1.807, 2.05) is 18.9 Å². The number of hydrogen-bond donors (Lipinski definition) is 1. The van der Waals surface area contributed by atoms with Crippen LogP contribution in [-0.2, 0) is 4.79 Å². The first-order valence-corrected chi connectivity index (χ1v) is 6.18. The average molecular weight is 228 g/mol. The van der Waals surface area contributed by atoms with Gasteiger partial charge in [-0.15, -0.1) is 0 Å². The summed E-state index contributed by atoms with van der Waals surface area (Å²) in [6.07, 6.45) is 2.65. The SMILES string of the molecule is CC[C@@H](O)CN1CCC(N(C)C(C)=O)CC1. The lowest BCUT2D eigenvalue weighted by molar-refractivity contribution is -0.130. The third-order valence-corrected chi connectivity index (χ3v) is 3.54. The van der Waals surface area contributed by atoms with Gasteiger partial charge in [-0.25, -0.2) is 0 Å². The van der Waals surface area contributed by atoms with Crippen LogP contribution in [0.2, 0.25) is 0 Å². The summed E-state index contributed by atoms with van der Waals surface area (Å²) in [6.45, 7) is 6.36. The van der Waals surface area contributed by atoms with E-state index in [1.165, 1.54) is 0 Å². The predicted molar refractivity (Wildman–Crippen MR) is 64.2 cm³/mol. The normalized spacial score (nSPS) is 20.8. The monoisotopic (exact) mass is 228 g/mol. The van der Waals surface area contributed by atoms with Gasteiger partial charge in [0, 0.05) is 39.6 Å². The number of nitrogens with zero attached hydrogens (tertiary/aromatic N) is 2. The number of amides is 1. The number of aliphatic hydroxyl groups is 1. The number of carbonyl (C=O) groups is 1. The molecule has 0 aromatic heterocycles. The molecular formula is C12H24N2O2. The molecule has 0 aliphatic carbocycles. The van der Waals surface area contributed by atoms with Crippen LogP contribution in [0.15, 0.2) is 0 Å². The van der Waals surface area contributed by atoms with Gasteiger partial charge < -0.3 is 14.9 Å². The zero-order valence-electron chi connectivity index (χ0n) is 10.6. The maximum atomic E-state index is 11.2. The molecule has 1 fully saturated rings. The van der Waals surface area contributed by atoms with Gasteiger partial charge in [0.15, 0.2) is 0 Å². The Labute approximate surface area is 98.2 Å². The summed E-state index contributed by atoms with van der Waals surface area (Å²) in [5, 5.41) is 9.57. The summed E-state index contributed by atoms with van der Waals surface area (Å²) in [6, 6.07) is 0.382. The van der Waals surface area contributed by atoms with Crippen LogP contribution in [0.4, 0.5) is 0 Å². The van der Waals surface area contributed by atoms with Gasteiger partial charge in [-0.05, 0) is 19.3 Å². The van der Waals surface area contributed by atoms with Crippen LogP contribution in [-0.4, -0.2) is 59.6 Å². The second-order valence-corrected chi connectivity index (χ2v) is 4.72. The second kappa shape index (κ2) is 6.21. The molecule has 1 rings (SSSR count). The van der Waals surface area contributed by atoms with Crippen LogP contribution in [0.3, 0.4) is 0 Å². The van der Waals surface area contributed by atoms with E-state index in [1.54, 1.807) is 6.92 Å². The van der Waals surface area contributed by atoms with Gasteiger partial charge in [-0.3, -0.25) is 4.79 Å². The Morgan fingerprint density at radius 2 is 2.06 bits per heavy atom. The van der Waals surface area contributed by atoms with E-state index < -0.39 is 0 Å². The lowest BCUT2D eigenvalue weighted by Gasteiger charge is -2.37. The molecule has 1 amide bonds. The van der Waals surface area contributed by atoms with Crippen LogP contribution in [0.25, 0.3) is 0 Å². The lowest BCUT2D eigenvalue weighted by atomic mass is 10.0. The number of hydrogen-bond acceptors (Lipinski definition) is 3. The van der Waals surface area contributed by atoms with Gasteiger partial charge in [0.05, 0.1) is 6.10 Å². The van der Waals surface area contributed by atoms with E-state index >= 15 is 0 Å². The Hall–Kier alpha value is -0.610. The highest BCUT2D eigenvalue weighted by atomic mass is 16.3. The highest BCUT2D eigenvalue weighted by Crippen LogP contribution is 2.15. The fourth-order valence-electron chi connectivity index (χ4n) is 2.17. The summed E-state index contributed by atoms with van der Waals surface area (Å²) in [4.78, 5) is 15.4. The van der Waals surface area contributed by atoms with Crippen molar-refractivity contribution >= 4 is 5.91 Å². The predicted octanol–water partition coefficient (Wildman–Crippen LogP) is 0.700. The van der Waals surface area contributed by atoms with Crippen LogP contribution in [0.5, 0.6) is 0 Å². The Morgan fingerprint density at radius 1 is 1.50 bits per heavy atom. The topological polar surface area (TPSA) is 43.8 Å². The largest absolute Gasteiger partial charge is 0.392 e. The number of carbonyl (C=O) groups excluding carboxylic acids is 1. The standard InChI is InChI=1S/C12H24N2O2/c1-4-12(16)9-14-7-5-11(6-8-14)13(3)10(2)15/h11-12,16H,4-9H2,1-3H3/t12-/m1/s1. The molecule has 0 saturated carbocycles. The van der Waals surface area contributed by atoms with E-state index in [9.17, 15) is 9.90 Å². The Bertz CT molecular complexity index is 225. The molecular weight excluding hydrogens is 204 g/mol. The number of likely N-dealkylation sites (tertiary alicyclic amines) is 1. The minimum absolute atomic E-state index is 0.145. The molecule has 0 bridgehead atoms. The van der Waals surface area contributed by atoms with Crippen molar-refractivity contribution in [3.8, 4) is 0 Å². The molecule has 1 aliphatic heterocycles. The third kappa shape index (κ3) is 3.76. The molecule has 4 nitrogen and oxygen atoms in total. The molecule has 0 unspecified atom stereocenters. The molecule has 16 heavy (non-hydrogen) atoms. The van der Waals surface area contributed by atoms with Crippen molar-refractivity contribution in [3.05, 3.63) is 0 Å². The van der Waals surface area contributed by atoms with Crippen LogP contribution >= 0.6 is 0 Å². The van der Waals surface area contributed by atoms with E-state index in [4.69, 9.17) is 0 Å². The quantitative estimate of drug-likeness (QED) is 0.770. The first-order chi connectivity index (χ1) is 7.54. The van der Waals surface area contributed by atoms with E-state index in [0.717, 1.165) is 38.9 Å². The number of piperidine rings is 1. The molecule has 1 aliphatic rings. The molecule has 0 radical (unpaired) electrons. The molecule has 4 heteroatoms. The fourth-order valence-corrected chi connectivity index (χ4v) is 2.17. The van der Waals surface area contributed by atoms with Crippen molar-refractivity contribution < 1.29 is 9.90 Å². The van der Waals surface area contributed by atoms with Crippen molar-refractivity contribution in [2.75, 3.05) is 26.7 Å². The summed E-state index contributed by atoms with van der Waals surface area (Å²) in [5.74, 6) is 0.145. The van der Waals surface area contributed by atoms with Crippen LogP contribution in [0, 0.1) is 0 Å².